The first-order valence-corrected chi connectivity index (χ1v) is 15.6. The van der Waals surface area contributed by atoms with E-state index in [0.29, 0.717) is 60.0 Å². The molecule has 0 spiro atoms. The molecule has 45 heavy (non-hydrogen) atoms. The SMILES string of the molecule is C=CCOc1ccc([C@H]2C(C(=O)OCC)=C(C)N=c3s/c(=C\c4cc(Br)c(OCc5ccccc5F)c(OC)c4)c(=O)n32)cc1. The number of carbonyl (C=O) groups excluding carboxylic acids is 1. The van der Waals surface area contributed by atoms with Gasteiger partial charge in [0.25, 0.3) is 5.56 Å². The Bertz CT molecular complexity index is 1970. The van der Waals surface area contributed by atoms with Crippen LogP contribution < -0.4 is 29.1 Å². The van der Waals surface area contributed by atoms with E-state index in [9.17, 15) is 14.0 Å². The summed E-state index contributed by atoms with van der Waals surface area (Å²) in [7, 11) is 1.50. The number of carbonyl (C=O) groups is 1. The maximum atomic E-state index is 14.1. The number of aromatic nitrogens is 1. The Morgan fingerprint density at radius 3 is 2.60 bits per heavy atom. The molecule has 4 aromatic rings. The second kappa shape index (κ2) is 14.1. The van der Waals surface area contributed by atoms with Crippen molar-refractivity contribution in [2.24, 2.45) is 4.99 Å². The fourth-order valence-electron chi connectivity index (χ4n) is 4.89. The van der Waals surface area contributed by atoms with Crippen molar-refractivity contribution in [2.75, 3.05) is 20.3 Å². The molecule has 0 aliphatic carbocycles. The standard InChI is InChI=1S/C34H30BrFN2O6S/c1-5-15-43-24-13-11-22(12-14-24)30-29(33(40)42-6-2)20(3)37-34-38(30)32(39)28(45-34)18-21-16-25(35)31(27(17-21)41-4)44-19-23-9-7-8-10-26(23)36/h5,7-14,16-18,30H,1,6,15,19H2,2-4H3/b28-18-/t30-/m0/s1. The minimum absolute atomic E-state index is 0.00307. The minimum Gasteiger partial charge on any atom is -0.493 e. The summed E-state index contributed by atoms with van der Waals surface area (Å²) in [5.41, 5.74) is 2.20. The Morgan fingerprint density at radius 1 is 1.16 bits per heavy atom. The van der Waals surface area contributed by atoms with E-state index in [4.69, 9.17) is 18.9 Å². The molecule has 0 N–H and O–H groups in total. The van der Waals surface area contributed by atoms with Crippen LogP contribution in [0.2, 0.25) is 0 Å². The maximum Gasteiger partial charge on any atom is 0.338 e. The van der Waals surface area contributed by atoms with Crippen molar-refractivity contribution < 1.29 is 28.1 Å². The monoisotopic (exact) mass is 692 g/mol. The molecular weight excluding hydrogens is 663 g/mol. The summed E-state index contributed by atoms with van der Waals surface area (Å²) < 4.78 is 39.1. The molecule has 232 valence electrons. The van der Waals surface area contributed by atoms with E-state index >= 15 is 0 Å². The zero-order chi connectivity index (χ0) is 32.1. The largest absolute Gasteiger partial charge is 0.493 e. The quantitative estimate of drug-likeness (QED) is 0.145. The number of hydrogen-bond donors (Lipinski definition) is 0. The summed E-state index contributed by atoms with van der Waals surface area (Å²) in [6.07, 6.45) is 3.38. The van der Waals surface area contributed by atoms with Gasteiger partial charge in [0.15, 0.2) is 16.3 Å². The third kappa shape index (κ3) is 6.79. The second-order valence-corrected chi connectivity index (χ2v) is 11.7. The lowest BCUT2D eigenvalue weighted by molar-refractivity contribution is -0.139. The lowest BCUT2D eigenvalue weighted by Gasteiger charge is -2.24. The van der Waals surface area contributed by atoms with Crippen molar-refractivity contribution in [3.05, 3.63) is 131 Å². The molecule has 0 fully saturated rings. The molecule has 0 saturated heterocycles. The Hall–Kier alpha value is -4.48. The van der Waals surface area contributed by atoms with Gasteiger partial charge in [-0.3, -0.25) is 9.36 Å². The molecule has 0 amide bonds. The highest BCUT2D eigenvalue weighted by Gasteiger charge is 2.33. The van der Waals surface area contributed by atoms with E-state index < -0.39 is 12.0 Å². The first-order valence-electron chi connectivity index (χ1n) is 14.0. The van der Waals surface area contributed by atoms with Gasteiger partial charge in [-0.1, -0.05) is 54.3 Å². The van der Waals surface area contributed by atoms with Crippen LogP contribution in [0.15, 0.2) is 98.8 Å². The van der Waals surface area contributed by atoms with Crippen LogP contribution in [0.25, 0.3) is 6.08 Å². The van der Waals surface area contributed by atoms with Crippen molar-refractivity contribution in [1.29, 1.82) is 0 Å². The Morgan fingerprint density at radius 2 is 1.91 bits per heavy atom. The van der Waals surface area contributed by atoms with Gasteiger partial charge in [-0.15, -0.1) is 0 Å². The van der Waals surface area contributed by atoms with E-state index in [0.717, 1.165) is 0 Å². The number of benzene rings is 3. The van der Waals surface area contributed by atoms with Gasteiger partial charge in [-0.2, -0.15) is 0 Å². The first kappa shape index (κ1) is 31.9. The molecule has 0 radical (unpaired) electrons. The summed E-state index contributed by atoms with van der Waals surface area (Å²) in [6.45, 7) is 7.66. The van der Waals surface area contributed by atoms with Gasteiger partial charge in [0, 0.05) is 5.56 Å². The summed E-state index contributed by atoms with van der Waals surface area (Å²) in [4.78, 5) is 32.3. The first-order chi connectivity index (χ1) is 21.7. The third-order valence-electron chi connectivity index (χ3n) is 6.96. The third-order valence-corrected chi connectivity index (χ3v) is 8.53. The molecule has 8 nitrogen and oxygen atoms in total. The van der Waals surface area contributed by atoms with Crippen molar-refractivity contribution >= 4 is 39.3 Å². The summed E-state index contributed by atoms with van der Waals surface area (Å²) in [5, 5.41) is 0. The number of ether oxygens (including phenoxy) is 4. The van der Waals surface area contributed by atoms with Crippen molar-refractivity contribution in [2.45, 2.75) is 26.5 Å². The van der Waals surface area contributed by atoms with E-state index in [2.05, 4.69) is 27.5 Å². The van der Waals surface area contributed by atoms with Gasteiger partial charge in [0.2, 0.25) is 0 Å². The zero-order valence-electron chi connectivity index (χ0n) is 24.8. The molecule has 2 heterocycles. The fourth-order valence-corrected chi connectivity index (χ4v) is 6.51. The molecule has 3 aromatic carbocycles. The number of fused-ring (bicyclic) bond motifs is 1. The molecule has 5 rings (SSSR count). The molecule has 1 aliphatic rings. The maximum absolute atomic E-state index is 14.1. The molecule has 0 bridgehead atoms. The molecule has 11 heteroatoms. The van der Waals surface area contributed by atoms with Crippen LogP contribution in [0.5, 0.6) is 17.2 Å². The number of thiazole rings is 1. The lowest BCUT2D eigenvalue weighted by Crippen LogP contribution is -2.39. The number of nitrogens with zero attached hydrogens (tertiary/aromatic N) is 2. The average Bonchev–Trinajstić information content (AvgIpc) is 3.33. The van der Waals surface area contributed by atoms with Crippen LogP contribution in [0.3, 0.4) is 0 Å². The lowest BCUT2D eigenvalue weighted by atomic mass is 9.96. The Balaban J connectivity index is 1.56. The van der Waals surface area contributed by atoms with Gasteiger partial charge < -0.3 is 18.9 Å². The Kier molecular flexibility index (Phi) is 9.99. The van der Waals surface area contributed by atoms with Gasteiger partial charge in [0.05, 0.1) is 40.0 Å². The second-order valence-electron chi connectivity index (χ2n) is 9.89. The summed E-state index contributed by atoms with van der Waals surface area (Å²) in [6, 6.07) is 16.3. The number of allylic oxidation sites excluding steroid dienone is 1. The van der Waals surface area contributed by atoms with Crippen molar-refractivity contribution in [3.63, 3.8) is 0 Å². The highest BCUT2D eigenvalue weighted by atomic mass is 79.9. The smallest absolute Gasteiger partial charge is 0.338 e. The van der Waals surface area contributed by atoms with E-state index in [1.807, 2.05) is 12.1 Å². The van der Waals surface area contributed by atoms with Crippen LogP contribution in [0.4, 0.5) is 4.39 Å². The highest BCUT2D eigenvalue weighted by molar-refractivity contribution is 9.10. The predicted octanol–water partition coefficient (Wildman–Crippen LogP) is 5.85. The van der Waals surface area contributed by atoms with Crippen LogP contribution >= 0.6 is 27.3 Å². The van der Waals surface area contributed by atoms with E-state index in [1.54, 1.807) is 68.5 Å². The van der Waals surface area contributed by atoms with Crippen molar-refractivity contribution in [3.8, 4) is 17.2 Å². The Labute approximate surface area is 271 Å². The van der Waals surface area contributed by atoms with Gasteiger partial charge in [0.1, 0.15) is 24.8 Å². The average molecular weight is 694 g/mol. The number of halogens is 2. The summed E-state index contributed by atoms with van der Waals surface area (Å²) >= 11 is 4.75. The van der Waals surface area contributed by atoms with E-state index in [1.165, 1.54) is 29.1 Å². The van der Waals surface area contributed by atoms with Crippen LogP contribution in [0, 0.1) is 5.82 Å². The number of rotatable bonds is 11. The number of esters is 1. The van der Waals surface area contributed by atoms with E-state index in [-0.39, 0.29) is 30.2 Å². The number of methoxy groups -OCH3 is 1. The predicted molar refractivity (Wildman–Crippen MR) is 174 cm³/mol. The van der Waals surface area contributed by atoms with Gasteiger partial charge in [-0.25, -0.2) is 14.2 Å². The fraction of sp³-hybridized carbons (Fsp3) is 0.206. The van der Waals surface area contributed by atoms with Gasteiger partial charge >= 0.3 is 5.97 Å². The molecular formula is C34H30BrFN2O6S. The molecule has 1 atom stereocenters. The normalized spacial score (nSPS) is 14.4. The highest BCUT2D eigenvalue weighted by Crippen LogP contribution is 2.38. The minimum atomic E-state index is -0.758. The number of hydrogen-bond acceptors (Lipinski definition) is 8. The van der Waals surface area contributed by atoms with Crippen molar-refractivity contribution in [1.82, 2.24) is 4.57 Å². The summed E-state index contributed by atoms with van der Waals surface area (Å²) in [5.74, 6) is 0.526. The zero-order valence-corrected chi connectivity index (χ0v) is 27.2. The molecule has 0 saturated carbocycles. The van der Waals surface area contributed by atoms with Crippen LogP contribution in [-0.4, -0.2) is 30.9 Å². The topological polar surface area (TPSA) is 88.4 Å². The molecule has 1 aromatic heterocycles. The van der Waals surface area contributed by atoms with Crippen LogP contribution in [0.1, 0.15) is 36.6 Å². The molecule has 0 unspecified atom stereocenters. The van der Waals surface area contributed by atoms with Gasteiger partial charge in [-0.05, 0) is 77.3 Å². The molecule has 1 aliphatic heterocycles. The van der Waals surface area contributed by atoms with Crippen LogP contribution in [-0.2, 0) is 16.1 Å².